The number of rotatable bonds is 6. The van der Waals surface area contributed by atoms with Gasteiger partial charge in [0.25, 0.3) is 10.0 Å². The van der Waals surface area contributed by atoms with Gasteiger partial charge in [0.1, 0.15) is 0 Å². The third-order valence-electron chi connectivity index (χ3n) is 4.27. The van der Waals surface area contributed by atoms with Gasteiger partial charge in [0.15, 0.2) is 0 Å². The Labute approximate surface area is 166 Å². The van der Waals surface area contributed by atoms with Gasteiger partial charge in [-0.15, -0.1) is 4.83 Å². The van der Waals surface area contributed by atoms with E-state index in [0.29, 0.717) is 12.2 Å². The molecule has 0 bridgehead atoms. The van der Waals surface area contributed by atoms with Gasteiger partial charge in [-0.1, -0.05) is 18.2 Å². The summed E-state index contributed by atoms with van der Waals surface area (Å²) >= 11 is 0. The van der Waals surface area contributed by atoms with Crippen LogP contribution in [0.4, 0.5) is 18.9 Å². The highest BCUT2D eigenvalue weighted by Gasteiger charge is 2.32. The van der Waals surface area contributed by atoms with Gasteiger partial charge in [-0.3, -0.25) is 5.01 Å². The topological polar surface area (TPSA) is 67.2 Å². The number of aromatic nitrogens is 2. The summed E-state index contributed by atoms with van der Waals surface area (Å²) in [4.78, 5) is 6.58. The number of hydrazine groups is 1. The predicted molar refractivity (Wildman–Crippen MR) is 104 cm³/mol. The van der Waals surface area contributed by atoms with Gasteiger partial charge >= 0.3 is 6.18 Å². The van der Waals surface area contributed by atoms with Gasteiger partial charge in [-0.2, -0.15) is 13.2 Å². The molecule has 1 N–H and O–H groups in total. The average molecular weight is 424 g/mol. The fraction of sp³-hybridized carbons (Fsp3) is 0.211. The fourth-order valence-corrected chi connectivity index (χ4v) is 3.84. The molecule has 0 saturated heterocycles. The van der Waals surface area contributed by atoms with Crippen LogP contribution in [0.15, 0.2) is 66.0 Å². The van der Waals surface area contributed by atoms with Crippen molar-refractivity contribution in [3.8, 4) is 11.3 Å². The van der Waals surface area contributed by atoms with Crippen molar-refractivity contribution in [3.05, 3.63) is 66.6 Å². The second kappa shape index (κ2) is 7.88. The van der Waals surface area contributed by atoms with Crippen LogP contribution in [0, 0.1) is 0 Å². The molecule has 0 saturated carbocycles. The Balaban J connectivity index is 2.03. The molecular weight excluding hydrogens is 405 g/mol. The lowest BCUT2D eigenvalue weighted by atomic mass is 10.1. The highest BCUT2D eigenvalue weighted by Crippen LogP contribution is 2.36. The minimum atomic E-state index is -4.54. The molecule has 0 amide bonds. The Hall–Kier alpha value is -2.85. The summed E-state index contributed by atoms with van der Waals surface area (Å²) < 4.78 is 66.6. The zero-order chi connectivity index (χ0) is 21.2. The first-order valence-electron chi connectivity index (χ1n) is 8.66. The van der Waals surface area contributed by atoms with E-state index in [1.165, 1.54) is 36.6 Å². The van der Waals surface area contributed by atoms with E-state index in [9.17, 15) is 21.6 Å². The van der Waals surface area contributed by atoms with Crippen molar-refractivity contribution in [2.45, 2.75) is 24.5 Å². The normalized spacial score (nSPS) is 12.2. The number of sulfonamides is 1. The lowest BCUT2D eigenvalue weighted by Gasteiger charge is -2.23. The second-order valence-electron chi connectivity index (χ2n) is 6.29. The highest BCUT2D eigenvalue weighted by molar-refractivity contribution is 7.89. The van der Waals surface area contributed by atoms with Crippen molar-refractivity contribution in [1.29, 1.82) is 0 Å². The number of benzene rings is 2. The van der Waals surface area contributed by atoms with Crippen molar-refractivity contribution < 1.29 is 21.6 Å². The molecule has 0 fully saturated rings. The summed E-state index contributed by atoms with van der Waals surface area (Å²) in [6, 6.07) is 10.8. The van der Waals surface area contributed by atoms with E-state index in [0.717, 1.165) is 12.1 Å². The van der Waals surface area contributed by atoms with E-state index in [4.69, 9.17) is 0 Å². The predicted octanol–water partition coefficient (Wildman–Crippen LogP) is 3.92. The molecular formula is C19H19F3N4O2S. The van der Waals surface area contributed by atoms with Crippen LogP contribution in [-0.2, 0) is 22.7 Å². The summed E-state index contributed by atoms with van der Waals surface area (Å²) in [7, 11) is -2.50. The number of anilines is 1. The lowest BCUT2D eigenvalue weighted by molar-refractivity contribution is -0.137. The summed E-state index contributed by atoms with van der Waals surface area (Å²) in [6.07, 6.45) is -1.42. The average Bonchev–Trinajstić information content (AvgIpc) is 3.16. The van der Waals surface area contributed by atoms with Crippen molar-refractivity contribution in [2.24, 2.45) is 0 Å². The molecule has 0 aliphatic rings. The molecule has 2 aromatic carbocycles. The Morgan fingerprint density at radius 3 is 2.41 bits per heavy atom. The van der Waals surface area contributed by atoms with Crippen molar-refractivity contribution >= 4 is 15.7 Å². The first kappa shape index (κ1) is 20.9. The smallest absolute Gasteiger partial charge is 0.337 e. The fourth-order valence-electron chi connectivity index (χ4n) is 2.76. The Morgan fingerprint density at radius 2 is 1.83 bits per heavy atom. The largest absolute Gasteiger partial charge is 0.416 e. The van der Waals surface area contributed by atoms with Gasteiger partial charge in [0.2, 0.25) is 0 Å². The van der Waals surface area contributed by atoms with Gasteiger partial charge in [0, 0.05) is 25.4 Å². The number of nitrogens with zero attached hydrogens (tertiary/aromatic N) is 3. The van der Waals surface area contributed by atoms with Crippen molar-refractivity contribution in [1.82, 2.24) is 14.4 Å². The van der Waals surface area contributed by atoms with E-state index in [2.05, 4.69) is 9.82 Å². The molecule has 3 rings (SSSR count). The van der Waals surface area contributed by atoms with Crippen molar-refractivity contribution in [2.75, 3.05) is 12.1 Å². The molecule has 0 atom stereocenters. The quantitative estimate of drug-likeness (QED) is 0.609. The number of imidazole rings is 1. The minimum Gasteiger partial charge on any atom is -0.337 e. The SMILES string of the molecule is CCn1cnc(-c2cc(C(F)(F)F)ccc2N(C)NS(=O)(=O)c2ccccc2)c1. The van der Waals surface area contributed by atoms with E-state index < -0.39 is 21.8 Å². The van der Waals surface area contributed by atoms with Crippen LogP contribution >= 0.6 is 0 Å². The molecule has 0 spiro atoms. The van der Waals surface area contributed by atoms with Crippen LogP contribution < -0.4 is 9.84 Å². The van der Waals surface area contributed by atoms with E-state index >= 15 is 0 Å². The first-order chi connectivity index (χ1) is 13.6. The Morgan fingerprint density at radius 1 is 1.14 bits per heavy atom. The summed E-state index contributed by atoms with van der Waals surface area (Å²) in [6.45, 7) is 2.47. The molecule has 1 heterocycles. The number of hydrogen-bond donors (Lipinski definition) is 1. The molecule has 154 valence electrons. The van der Waals surface area contributed by atoms with Gasteiger partial charge in [-0.05, 0) is 37.3 Å². The number of aryl methyl sites for hydroxylation is 1. The lowest BCUT2D eigenvalue weighted by Crippen LogP contribution is -2.39. The molecule has 6 nitrogen and oxygen atoms in total. The van der Waals surface area contributed by atoms with Gasteiger partial charge in [0.05, 0.1) is 28.2 Å². The Bertz CT molecular complexity index is 1100. The standard InChI is InChI=1S/C19H19F3N4O2S/c1-3-26-12-17(23-13-26)16-11-14(19(20,21)22)9-10-18(16)25(2)24-29(27,28)15-7-5-4-6-8-15/h4-13,24H,3H2,1-2H3. The maximum atomic E-state index is 13.2. The molecule has 1 aromatic heterocycles. The molecule has 29 heavy (non-hydrogen) atoms. The molecule has 3 aromatic rings. The number of alkyl halides is 3. The molecule has 0 aliphatic carbocycles. The highest BCUT2D eigenvalue weighted by atomic mass is 32.2. The van der Waals surface area contributed by atoms with Crippen LogP contribution in [0.5, 0.6) is 0 Å². The van der Waals surface area contributed by atoms with Crippen molar-refractivity contribution in [3.63, 3.8) is 0 Å². The third kappa shape index (κ3) is 4.60. The number of nitrogens with one attached hydrogen (secondary N) is 1. The van der Waals surface area contributed by atoms with Gasteiger partial charge in [-0.25, -0.2) is 13.4 Å². The summed E-state index contributed by atoms with van der Waals surface area (Å²) in [5, 5.41) is 1.17. The van der Waals surface area contributed by atoms with Gasteiger partial charge < -0.3 is 4.57 Å². The van der Waals surface area contributed by atoms with E-state index in [1.807, 2.05) is 6.92 Å². The zero-order valence-electron chi connectivity index (χ0n) is 15.7. The number of hydrogen-bond acceptors (Lipinski definition) is 4. The minimum absolute atomic E-state index is 0.0376. The monoisotopic (exact) mass is 424 g/mol. The summed E-state index contributed by atoms with van der Waals surface area (Å²) in [5.74, 6) is 0. The van der Waals surface area contributed by atoms with Crippen LogP contribution in [0.1, 0.15) is 12.5 Å². The molecule has 0 aliphatic heterocycles. The molecule has 0 unspecified atom stereocenters. The molecule has 10 heteroatoms. The molecule has 0 radical (unpaired) electrons. The third-order valence-corrected chi connectivity index (χ3v) is 5.68. The first-order valence-corrected chi connectivity index (χ1v) is 10.1. The Kier molecular flexibility index (Phi) is 5.67. The number of halogens is 3. The van der Waals surface area contributed by atoms with E-state index in [-0.39, 0.29) is 16.1 Å². The van der Waals surface area contributed by atoms with Crippen LogP contribution in [-0.4, -0.2) is 25.0 Å². The van der Waals surface area contributed by atoms with Crippen LogP contribution in [0.25, 0.3) is 11.3 Å². The maximum Gasteiger partial charge on any atom is 0.416 e. The summed E-state index contributed by atoms with van der Waals surface area (Å²) in [5.41, 5.74) is -0.149. The van der Waals surface area contributed by atoms with Crippen LogP contribution in [0.2, 0.25) is 0 Å². The van der Waals surface area contributed by atoms with E-state index in [1.54, 1.807) is 29.0 Å². The zero-order valence-corrected chi connectivity index (χ0v) is 16.5. The maximum absolute atomic E-state index is 13.2. The second-order valence-corrected chi connectivity index (χ2v) is 7.95. The van der Waals surface area contributed by atoms with Crippen LogP contribution in [0.3, 0.4) is 0 Å².